The lowest BCUT2D eigenvalue weighted by atomic mass is 10.1. The van der Waals surface area contributed by atoms with E-state index in [2.05, 4.69) is 51.1 Å². The quantitative estimate of drug-likeness (QED) is 0.765. The average molecular weight is 351 g/mol. The monoisotopic (exact) mass is 351 g/mol. The first kappa shape index (κ1) is 16.8. The average Bonchev–Trinajstić information content (AvgIpc) is 3.10. The molecule has 1 fully saturated rings. The van der Waals surface area contributed by atoms with Gasteiger partial charge >= 0.3 is 0 Å². The van der Waals surface area contributed by atoms with Crippen molar-refractivity contribution in [3.05, 3.63) is 36.5 Å². The number of hydrogen-bond acceptors (Lipinski definition) is 5. The molecule has 2 aromatic heterocycles. The fourth-order valence-corrected chi connectivity index (χ4v) is 3.30. The summed E-state index contributed by atoms with van der Waals surface area (Å²) >= 11 is 0. The zero-order chi connectivity index (χ0) is 17.9. The Bertz CT molecular complexity index is 883. The molecule has 6 heteroatoms. The fourth-order valence-electron chi connectivity index (χ4n) is 3.30. The lowest BCUT2D eigenvalue weighted by molar-refractivity contribution is 0.312. The first-order valence-electron chi connectivity index (χ1n) is 9.25. The van der Waals surface area contributed by atoms with E-state index in [4.69, 9.17) is 4.74 Å². The molecule has 6 nitrogen and oxygen atoms in total. The standard InChI is InChI=1S/C20H25N5O/c1-3-12-26-16-4-5-18-17(14-16)20(23-22-18)15-6-7-21-19(13-15)25-10-8-24(2)9-11-25/h4-7,13-14H,3,8-12H2,1-2H3,(H,22,23). The van der Waals surface area contributed by atoms with Crippen molar-refractivity contribution >= 4 is 16.7 Å². The van der Waals surface area contributed by atoms with E-state index in [1.807, 2.05) is 24.4 Å². The van der Waals surface area contributed by atoms with E-state index in [1.165, 1.54) is 0 Å². The molecule has 0 unspecified atom stereocenters. The number of aromatic amines is 1. The molecule has 136 valence electrons. The Labute approximate surface area is 153 Å². The molecule has 4 rings (SSSR count). The number of nitrogens with one attached hydrogen (secondary N) is 1. The van der Waals surface area contributed by atoms with E-state index in [0.29, 0.717) is 0 Å². The van der Waals surface area contributed by atoms with Crippen LogP contribution in [-0.4, -0.2) is 59.9 Å². The Balaban J connectivity index is 1.65. The SMILES string of the molecule is CCCOc1ccc2[nH]nc(-c3ccnc(N4CCN(C)CC4)c3)c2c1. The van der Waals surface area contributed by atoms with Crippen LogP contribution >= 0.6 is 0 Å². The summed E-state index contributed by atoms with van der Waals surface area (Å²) in [6, 6.07) is 10.2. The normalized spacial score (nSPS) is 15.5. The number of hydrogen-bond donors (Lipinski definition) is 1. The number of pyridine rings is 1. The summed E-state index contributed by atoms with van der Waals surface area (Å²) in [5, 5.41) is 8.76. The zero-order valence-corrected chi connectivity index (χ0v) is 15.4. The molecular formula is C20H25N5O. The number of nitrogens with zero attached hydrogens (tertiary/aromatic N) is 4. The third-order valence-electron chi connectivity index (χ3n) is 4.85. The number of piperazine rings is 1. The maximum atomic E-state index is 5.79. The highest BCUT2D eigenvalue weighted by Gasteiger charge is 2.17. The third kappa shape index (κ3) is 3.37. The van der Waals surface area contributed by atoms with Gasteiger partial charge in [0.1, 0.15) is 17.3 Å². The molecule has 3 aromatic rings. The molecule has 0 radical (unpaired) electrons. The van der Waals surface area contributed by atoms with Crippen molar-refractivity contribution < 1.29 is 4.74 Å². The van der Waals surface area contributed by atoms with Crippen molar-refractivity contribution in [1.29, 1.82) is 0 Å². The van der Waals surface area contributed by atoms with Crippen molar-refractivity contribution in [2.45, 2.75) is 13.3 Å². The minimum atomic E-state index is 0.724. The predicted octanol–water partition coefficient (Wildman–Crippen LogP) is 3.17. The Morgan fingerprint density at radius 1 is 1.12 bits per heavy atom. The molecule has 1 aromatic carbocycles. The van der Waals surface area contributed by atoms with Crippen LogP contribution in [0.15, 0.2) is 36.5 Å². The highest BCUT2D eigenvalue weighted by molar-refractivity contribution is 5.94. The highest BCUT2D eigenvalue weighted by Crippen LogP contribution is 2.30. The van der Waals surface area contributed by atoms with Gasteiger partial charge in [0.2, 0.25) is 0 Å². The molecule has 0 bridgehead atoms. The van der Waals surface area contributed by atoms with Gasteiger partial charge in [0, 0.05) is 43.3 Å². The number of benzene rings is 1. The van der Waals surface area contributed by atoms with Gasteiger partial charge in [-0.15, -0.1) is 0 Å². The molecule has 1 aliphatic heterocycles. The minimum absolute atomic E-state index is 0.724. The van der Waals surface area contributed by atoms with Gasteiger partial charge in [-0.05, 0) is 43.8 Å². The summed E-state index contributed by atoms with van der Waals surface area (Å²) in [7, 11) is 2.16. The van der Waals surface area contributed by atoms with Gasteiger partial charge in [0.15, 0.2) is 0 Å². The molecule has 1 aliphatic rings. The summed E-state index contributed by atoms with van der Waals surface area (Å²) in [5.41, 5.74) is 3.04. The van der Waals surface area contributed by atoms with Gasteiger partial charge in [-0.1, -0.05) is 6.92 Å². The third-order valence-corrected chi connectivity index (χ3v) is 4.85. The molecular weight excluding hydrogens is 326 g/mol. The predicted molar refractivity (Wildman–Crippen MR) is 105 cm³/mol. The molecule has 0 aliphatic carbocycles. The van der Waals surface area contributed by atoms with E-state index in [1.54, 1.807) is 0 Å². The van der Waals surface area contributed by atoms with Crippen molar-refractivity contribution in [2.24, 2.45) is 0 Å². The van der Waals surface area contributed by atoms with Crippen LogP contribution in [0.25, 0.3) is 22.2 Å². The van der Waals surface area contributed by atoms with Crippen LogP contribution in [-0.2, 0) is 0 Å². The Morgan fingerprint density at radius 2 is 1.96 bits per heavy atom. The lowest BCUT2D eigenvalue weighted by Crippen LogP contribution is -2.44. The van der Waals surface area contributed by atoms with E-state index in [0.717, 1.165) is 72.9 Å². The smallest absolute Gasteiger partial charge is 0.129 e. The fraction of sp³-hybridized carbons (Fsp3) is 0.400. The molecule has 26 heavy (non-hydrogen) atoms. The molecule has 0 spiro atoms. The van der Waals surface area contributed by atoms with Crippen LogP contribution in [0.3, 0.4) is 0 Å². The van der Waals surface area contributed by atoms with Gasteiger partial charge < -0.3 is 14.5 Å². The molecule has 0 atom stereocenters. The second kappa shape index (κ2) is 7.33. The van der Waals surface area contributed by atoms with E-state index in [9.17, 15) is 0 Å². The maximum absolute atomic E-state index is 5.79. The Morgan fingerprint density at radius 3 is 2.77 bits per heavy atom. The number of anilines is 1. The van der Waals surface area contributed by atoms with Crippen molar-refractivity contribution in [2.75, 3.05) is 44.7 Å². The number of aromatic nitrogens is 3. The van der Waals surface area contributed by atoms with Crippen molar-refractivity contribution in [3.8, 4) is 17.0 Å². The number of fused-ring (bicyclic) bond motifs is 1. The number of H-pyrrole nitrogens is 1. The van der Waals surface area contributed by atoms with Gasteiger partial charge in [-0.25, -0.2) is 4.98 Å². The molecule has 1 saturated heterocycles. The van der Waals surface area contributed by atoms with Crippen LogP contribution in [0.2, 0.25) is 0 Å². The van der Waals surface area contributed by atoms with Crippen LogP contribution in [0.1, 0.15) is 13.3 Å². The van der Waals surface area contributed by atoms with Crippen LogP contribution < -0.4 is 9.64 Å². The molecule has 1 N–H and O–H groups in total. The van der Waals surface area contributed by atoms with E-state index < -0.39 is 0 Å². The van der Waals surface area contributed by atoms with Gasteiger partial charge in [-0.3, -0.25) is 5.10 Å². The first-order valence-corrected chi connectivity index (χ1v) is 9.25. The largest absolute Gasteiger partial charge is 0.494 e. The lowest BCUT2D eigenvalue weighted by Gasteiger charge is -2.33. The van der Waals surface area contributed by atoms with Crippen LogP contribution in [0.5, 0.6) is 5.75 Å². The second-order valence-corrected chi connectivity index (χ2v) is 6.82. The summed E-state index contributed by atoms with van der Waals surface area (Å²) in [4.78, 5) is 9.27. The van der Waals surface area contributed by atoms with Gasteiger partial charge in [0.25, 0.3) is 0 Å². The van der Waals surface area contributed by atoms with E-state index >= 15 is 0 Å². The topological polar surface area (TPSA) is 57.3 Å². The number of ether oxygens (including phenoxy) is 1. The minimum Gasteiger partial charge on any atom is -0.494 e. The summed E-state index contributed by atoms with van der Waals surface area (Å²) in [6.45, 7) is 6.97. The summed E-state index contributed by atoms with van der Waals surface area (Å²) < 4.78 is 5.79. The van der Waals surface area contributed by atoms with Crippen LogP contribution in [0.4, 0.5) is 5.82 Å². The summed E-state index contributed by atoms with van der Waals surface area (Å²) in [6.07, 6.45) is 2.87. The van der Waals surface area contributed by atoms with Crippen LogP contribution in [0, 0.1) is 0 Å². The highest BCUT2D eigenvalue weighted by atomic mass is 16.5. The molecule has 3 heterocycles. The Kier molecular flexibility index (Phi) is 4.75. The van der Waals surface area contributed by atoms with Crippen molar-refractivity contribution in [3.63, 3.8) is 0 Å². The molecule has 0 amide bonds. The summed E-state index contributed by atoms with van der Waals surface area (Å²) in [5.74, 6) is 1.90. The number of rotatable bonds is 5. The second-order valence-electron chi connectivity index (χ2n) is 6.82. The maximum Gasteiger partial charge on any atom is 0.129 e. The zero-order valence-electron chi connectivity index (χ0n) is 15.4. The van der Waals surface area contributed by atoms with Gasteiger partial charge in [0.05, 0.1) is 12.1 Å². The Hall–Kier alpha value is -2.60. The number of likely N-dealkylation sites (N-methyl/N-ethyl adjacent to an activating group) is 1. The molecule has 0 saturated carbocycles. The van der Waals surface area contributed by atoms with Crippen molar-refractivity contribution in [1.82, 2.24) is 20.1 Å². The first-order chi connectivity index (χ1) is 12.7. The van der Waals surface area contributed by atoms with Gasteiger partial charge in [-0.2, -0.15) is 5.10 Å². The van der Waals surface area contributed by atoms with E-state index in [-0.39, 0.29) is 0 Å².